The lowest BCUT2D eigenvalue weighted by molar-refractivity contribution is -0.147. The summed E-state index contributed by atoms with van der Waals surface area (Å²) < 4.78 is 5.01. The smallest absolute Gasteiger partial charge is 0.309 e. The highest BCUT2D eigenvalue weighted by atomic mass is 16.5. The third kappa shape index (κ3) is 1.98. The molecule has 0 aliphatic heterocycles. The Balaban J connectivity index is 2.14. The fourth-order valence-corrected chi connectivity index (χ4v) is 2.14. The molecule has 1 aromatic rings. The van der Waals surface area contributed by atoms with E-state index in [4.69, 9.17) is 4.74 Å². The van der Waals surface area contributed by atoms with Crippen LogP contribution < -0.4 is 0 Å². The SMILES string of the molecule is CCOC(=O)[C@@H]1Cc2ccc(C=O)cc2C1. The first-order valence-electron chi connectivity index (χ1n) is 5.48. The minimum Gasteiger partial charge on any atom is -0.466 e. The third-order valence-corrected chi connectivity index (χ3v) is 2.92. The second kappa shape index (κ2) is 4.47. The molecule has 1 atom stereocenters. The van der Waals surface area contributed by atoms with Crippen LogP contribution in [-0.2, 0) is 22.4 Å². The molecule has 0 saturated heterocycles. The fraction of sp³-hybridized carbons (Fsp3) is 0.385. The first-order chi connectivity index (χ1) is 7.74. The van der Waals surface area contributed by atoms with Crippen LogP contribution in [0, 0.1) is 5.92 Å². The Hall–Kier alpha value is -1.64. The number of esters is 1. The molecular formula is C13H14O3. The molecule has 3 heteroatoms. The van der Waals surface area contributed by atoms with Crippen molar-refractivity contribution in [3.05, 3.63) is 34.9 Å². The van der Waals surface area contributed by atoms with Gasteiger partial charge in [-0.3, -0.25) is 9.59 Å². The van der Waals surface area contributed by atoms with Gasteiger partial charge in [0.05, 0.1) is 12.5 Å². The van der Waals surface area contributed by atoms with Gasteiger partial charge in [0.15, 0.2) is 0 Å². The molecule has 0 heterocycles. The molecule has 0 N–H and O–H groups in total. The molecule has 0 radical (unpaired) electrons. The lowest BCUT2D eigenvalue weighted by atomic mass is 10.1. The molecule has 0 unspecified atom stereocenters. The Bertz CT molecular complexity index is 423. The number of aldehydes is 1. The van der Waals surface area contributed by atoms with Crippen LogP contribution in [0.3, 0.4) is 0 Å². The van der Waals surface area contributed by atoms with Gasteiger partial charge in [-0.2, -0.15) is 0 Å². The summed E-state index contributed by atoms with van der Waals surface area (Å²) >= 11 is 0. The zero-order valence-corrected chi connectivity index (χ0v) is 9.23. The minimum absolute atomic E-state index is 0.0724. The van der Waals surface area contributed by atoms with Gasteiger partial charge >= 0.3 is 5.97 Å². The molecule has 0 saturated carbocycles. The van der Waals surface area contributed by atoms with Gasteiger partial charge in [0.25, 0.3) is 0 Å². The van der Waals surface area contributed by atoms with E-state index in [2.05, 4.69) is 0 Å². The Morgan fingerprint density at radius 3 is 2.88 bits per heavy atom. The predicted octanol–water partition coefficient (Wildman–Crippen LogP) is 1.78. The molecule has 1 aromatic carbocycles. The molecule has 0 aromatic heterocycles. The highest BCUT2D eigenvalue weighted by Gasteiger charge is 2.28. The van der Waals surface area contributed by atoms with Crippen LogP contribution in [0.5, 0.6) is 0 Å². The van der Waals surface area contributed by atoms with E-state index in [0.717, 1.165) is 23.8 Å². The number of ether oxygens (including phenoxy) is 1. The number of hydrogen-bond donors (Lipinski definition) is 0. The summed E-state index contributed by atoms with van der Waals surface area (Å²) in [7, 11) is 0. The van der Waals surface area contributed by atoms with Crippen molar-refractivity contribution in [3.8, 4) is 0 Å². The quantitative estimate of drug-likeness (QED) is 0.573. The van der Waals surface area contributed by atoms with Crippen LogP contribution in [-0.4, -0.2) is 18.9 Å². The fourth-order valence-electron chi connectivity index (χ4n) is 2.14. The van der Waals surface area contributed by atoms with Crippen molar-refractivity contribution in [2.75, 3.05) is 6.61 Å². The predicted molar refractivity (Wildman–Crippen MR) is 59.4 cm³/mol. The van der Waals surface area contributed by atoms with Crippen LogP contribution in [0.1, 0.15) is 28.4 Å². The molecule has 0 amide bonds. The highest BCUT2D eigenvalue weighted by Crippen LogP contribution is 2.28. The summed E-state index contributed by atoms with van der Waals surface area (Å²) in [6, 6.07) is 5.58. The Labute approximate surface area is 94.4 Å². The minimum atomic E-state index is -0.133. The number of carbonyl (C=O) groups excluding carboxylic acids is 2. The number of carbonyl (C=O) groups is 2. The molecule has 16 heavy (non-hydrogen) atoms. The molecule has 0 fully saturated rings. The van der Waals surface area contributed by atoms with E-state index in [1.165, 1.54) is 0 Å². The molecule has 3 nitrogen and oxygen atoms in total. The number of hydrogen-bond acceptors (Lipinski definition) is 3. The Kier molecular flexibility index (Phi) is 3.04. The van der Waals surface area contributed by atoms with Crippen molar-refractivity contribution in [2.24, 2.45) is 5.92 Å². The van der Waals surface area contributed by atoms with Crippen LogP contribution in [0.15, 0.2) is 18.2 Å². The van der Waals surface area contributed by atoms with Crippen molar-refractivity contribution in [1.82, 2.24) is 0 Å². The standard InChI is InChI=1S/C13H14O3/c1-2-16-13(15)12-6-10-4-3-9(8-14)5-11(10)7-12/h3-5,8,12H,2,6-7H2,1H3/t12-/m1/s1. The molecule has 2 rings (SSSR count). The van der Waals surface area contributed by atoms with Gasteiger partial charge in [-0.05, 0) is 37.0 Å². The number of benzene rings is 1. The molecule has 84 valence electrons. The van der Waals surface area contributed by atoms with Gasteiger partial charge in [-0.25, -0.2) is 0 Å². The van der Waals surface area contributed by atoms with Crippen molar-refractivity contribution >= 4 is 12.3 Å². The number of rotatable bonds is 3. The van der Waals surface area contributed by atoms with Gasteiger partial charge in [-0.1, -0.05) is 12.1 Å². The second-order valence-electron chi connectivity index (χ2n) is 4.00. The monoisotopic (exact) mass is 218 g/mol. The van der Waals surface area contributed by atoms with Crippen LogP contribution in [0.4, 0.5) is 0 Å². The van der Waals surface area contributed by atoms with E-state index in [1.807, 2.05) is 19.1 Å². The van der Waals surface area contributed by atoms with Crippen molar-refractivity contribution in [1.29, 1.82) is 0 Å². The van der Waals surface area contributed by atoms with Gasteiger partial charge in [-0.15, -0.1) is 0 Å². The van der Waals surface area contributed by atoms with Crippen LogP contribution in [0.2, 0.25) is 0 Å². The summed E-state index contributed by atoms with van der Waals surface area (Å²) in [6.45, 7) is 2.23. The summed E-state index contributed by atoms with van der Waals surface area (Å²) in [4.78, 5) is 22.2. The van der Waals surface area contributed by atoms with Crippen molar-refractivity contribution < 1.29 is 14.3 Å². The van der Waals surface area contributed by atoms with Gasteiger partial charge in [0, 0.05) is 5.56 Å². The largest absolute Gasteiger partial charge is 0.466 e. The normalized spacial score (nSPS) is 17.9. The first-order valence-corrected chi connectivity index (χ1v) is 5.48. The zero-order valence-electron chi connectivity index (χ0n) is 9.23. The third-order valence-electron chi connectivity index (χ3n) is 2.92. The maximum atomic E-state index is 11.6. The van der Waals surface area contributed by atoms with E-state index in [-0.39, 0.29) is 11.9 Å². The second-order valence-corrected chi connectivity index (χ2v) is 4.00. The maximum absolute atomic E-state index is 11.6. The Morgan fingerprint density at radius 2 is 2.19 bits per heavy atom. The average Bonchev–Trinajstić information content (AvgIpc) is 2.71. The van der Waals surface area contributed by atoms with Gasteiger partial charge < -0.3 is 4.74 Å². The summed E-state index contributed by atoms with van der Waals surface area (Å²) in [5.74, 6) is -0.205. The maximum Gasteiger partial charge on any atom is 0.309 e. The van der Waals surface area contributed by atoms with Gasteiger partial charge in [0.1, 0.15) is 6.29 Å². The van der Waals surface area contributed by atoms with Gasteiger partial charge in [0.2, 0.25) is 0 Å². The van der Waals surface area contributed by atoms with Crippen LogP contribution >= 0.6 is 0 Å². The average molecular weight is 218 g/mol. The van der Waals surface area contributed by atoms with E-state index in [1.54, 1.807) is 6.07 Å². The molecular weight excluding hydrogens is 204 g/mol. The van der Waals surface area contributed by atoms with E-state index in [0.29, 0.717) is 18.6 Å². The van der Waals surface area contributed by atoms with Crippen molar-refractivity contribution in [3.63, 3.8) is 0 Å². The molecule has 0 bridgehead atoms. The zero-order chi connectivity index (χ0) is 11.5. The lowest BCUT2D eigenvalue weighted by Gasteiger charge is -2.06. The van der Waals surface area contributed by atoms with E-state index in [9.17, 15) is 9.59 Å². The Morgan fingerprint density at radius 1 is 1.44 bits per heavy atom. The molecule has 1 aliphatic carbocycles. The molecule has 1 aliphatic rings. The topological polar surface area (TPSA) is 43.4 Å². The van der Waals surface area contributed by atoms with E-state index >= 15 is 0 Å². The first kappa shape index (κ1) is 10.9. The summed E-state index contributed by atoms with van der Waals surface area (Å²) in [6.07, 6.45) is 2.25. The van der Waals surface area contributed by atoms with Crippen molar-refractivity contribution in [2.45, 2.75) is 19.8 Å². The number of fused-ring (bicyclic) bond motifs is 1. The summed E-state index contributed by atoms with van der Waals surface area (Å²) in [5.41, 5.74) is 2.93. The molecule has 0 spiro atoms. The van der Waals surface area contributed by atoms with E-state index < -0.39 is 0 Å². The van der Waals surface area contributed by atoms with Crippen LogP contribution in [0.25, 0.3) is 0 Å². The highest BCUT2D eigenvalue weighted by molar-refractivity contribution is 5.77. The lowest BCUT2D eigenvalue weighted by Crippen LogP contribution is -2.17. The summed E-state index contributed by atoms with van der Waals surface area (Å²) in [5, 5.41) is 0.